The third-order valence-electron chi connectivity index (χ3n) is 14.2. The molecule has 0 spiro atoms. The molecule has 3 rings (SSSR count). The molecule has 432 valence electrons. The summed E-state index contributed by atoms with van der Waals surface area (Å²) in [4.78, 5) is 13.2. The molecule has 0 aromatic carbocycles. The van der Waals surface area contributed by atoms with Crippen molar-refractivity contribution in [3.05, 3.63) is 36.5 Å². The van der Waals surface area contributed by atoms with Gasteiger partial charge < -0.3 is 89.9 Å². The van der Waals surface area contributed by atoms with E-state index >= 15 is 0 Å². The molecule has 3 aliphatic heterocycles. The maximum absolute atomic E-state index is 13.2. The average molecular weight is 1060 g/mol. The third kappa shape index (κ3) is 23.9. The van der Waals surface area contributed by atoms with E-state index in [1.165, 1.54) is 77.0 Å². The lowest BCUT2D eigenvalue weighted by atomic mass is 9.96. The highest BCUT2D eigenvalue weighted by atomic mass is 16.8. The van der Waals surface area contributed by atoms with E-state index in [4.69, 9.17) is 28.4 Å². The summed E-state index contributed by atoms with van der Waals surface area (Å²) in [6, 6.07) is -0.971. The van der Waals surface area contributed by atoms with Gasteiger partial charge in [-0.1, -0.05) is 153 Å². The predicted octanol–water partition coefficient (Wildman–Crippen LogP) is 3.76. The number of hydrogen-bond donors (Lipinski definition) is 12. The van der Waals surface area contributed by atoms with Crippen LogP contribution in [0.5, 0.6) is 0 Å². The number of carbonyl (C=O) groups is 1. The predicted molar refractivity (Wildman–Crippen MR) is 277 cm³/mol. The number of amides is 1. The molecular formula is C55H99NO18. The van der Waals surface area contributed by atoms with E-state index < -0.39 is 124 Å². The van der Waals surface area contributed by atoms with E-state index in [9.17, 15) is 61.0 Å². The summed E-state index contributed by atoms with van der Waals surface area (Å²) in [5, 5.41) is 120. The van der Waals surface area contributed by atoms with Crippen molar-refractivity contribution in [3.63, 3.8) is 0 Å². The maximum Gasteiger partial charge on any atom is 0.220 e. The van der Waals surface area contributed by atoms with Crippen molar-refractivity contribution in [2.75, 3.05) is 26.4 Å². The summed E-state index contributed by atoms with van der Waals surface area (Å²) in [5.74, 6) is -0.285. The first-order chi connectivity index (χ1) is 35.8. The number of ether oxygens (including phenoxy) is 6. The summed E-state index contributed by atoms with van der Waals surface area (Å²) in [7, 11) is 0. The van der Waals surface area contributed by atoms with Gasteiger partial charge in [0.25, 0.3) is 0 Å². The highest BCUT2D eigenvalue weighted by molar-refractivity contribution is 5.76. The van der Waals surface area contributed by atoms with Crippen LogP contribution in [-0.4, -0.2) is 193 Å². The maximum atomic E-state index is 13.2. The van der Waals surface area contributed by atoms with Gasteiger partial charge in [0.1, 0.15) is 73.2 Å². The van der Waals surface area contributed by atoms with Gasteiger partial charge >= 0.3 is 0 Å². The number of carbonyl (C=O) groups excluding carboxylic acids is 1. The zero-order valence-corrected chi connectivity index (χ0v) is 44.6. The summed E-state index contributed by atoms with van der Waals surface area (Å²) < 4.78 is 34.1. The van der Waals surface area contributed by atoms with Crippen molar-refractivity contribution < 1.29 is 89.4 Å². The molecule has 19 nitrogen and oxygen atoms in total. The Morgan fingerprint density at radius 3 is 1.38 bits per heavy atom. The second-order valence-corrected chi connectivity index (χ2v) is 20.4. The van der Waals surface area contributed by atoms with Crippen LogP contribution in [0.1, 0.15) is 174 Å². The molecule has 74 heavy (non-hydrogen) atoms. The fourth-order valence-corrected chi connectivity index (χ4v) is 9.45. The fourth-order valence-electron chi connectivity index (χ4n) is 9.45. The molecule has 0 aromatic rings. The van der Waals surface area contributed by atoms with Crippen LogP contribution < -0.4 is 5.32 Å². The van der Waals surface area contributed by atoms with E-state index in [0.717, 1.165) is 70.6 Å². The van der Waals surface area contributed by atoms with Crippen molar-refractivity contribution in [2.45, 2.75) is 279 Å². The van der Waals surface area contributed by atoms with E-state index in [-0.39, 0.29) is 18.9 Å². The molecule has 0 bridgehead atoms. The number of aliphatic hydroxyl groups excluding tert-OH is 11. The van der Waals surface area contributed by atoms with Gasteiger partial charge in [-0.25, -0.2) is 0 Å². The van der Waals surface area contributed by atoms with Crippen molar-refractivity contribution in [1.29, 1.82) is 0 Å². The second kappa shape index (κ2) is 39.4. The Hall–Kier alpha value is -1.99. The lowest BCUT2D eigenvalue weighted by molar-refractivity contribution is -0.379. The molecular weight excluding hydrogens is 963 g/mol. The van der Waals surface area contributed by atoms with Gasteiger partial charge in [0, 0.05) is 6.42 Å². The van der Waals surface area contributed by atoms with E-state index in [2.05, 4.69) is 43.5 Å². The van der Waals surface area contributed by atoms with Crippen molar-refractivity contribution in [1.82, 2.24) is 5.32 Å². The third-order valence-corrected chi connectivity index (χ3v) is 14.2. The Bertz CT molecular complexity index is 1500. The Labute approximate surface area is 440 Å². The minimum Gasteiger partial charge on any atom is -0.394 e. The van der Waals surface area contributed by atoms with Crippen LogP contribution in [0.25, 0.3) is 0 Å². The molecule has 17 atom stereocenters. The van der Waals surface area contributed by atoms with E-state index in [1.807, 2.05) is 6.08 Å². The molecule has 12 N–H and O–H groups in total. The molecule has 3 saturated heterocycles. The first-order valence-corrected chi connectivity index (χ1v) is 28.2. The molecule has 0 aliphatic carbocycles. The van der Waals surface area contributed by atoms with Crippen molar-refractivity contribution in [3.8, 4) is 0 Å². The van der Waals surface area contributed by atoms with Crippen molar-refractivity contribution in [2.24, 2.45) is 0 Å². The van der Waals surface area contributed by atoms with Gasteiger partial charge in [0.05, 0.1) is 38.6 Å². The van der Waals surface area contributed by atoms with Crippen LogP contribution in [-0.2, 0) is 33.2 Å². The van der Waals surface area contributed by atoms with E-state index in [1.54, 1.807) is 6.08 Å². The summed E-state index contributed by atoms with van der Waals surface area (Å²) >= 11 is 0. The molecule has 17 unspecified atom stereocenters. The van der Waals surface area contributed by atoms with E-state index in [0.29, 0.717) is 6.42 Å². The normalized spacial score (nSPS) is 31.7. The molecule has 1 amide bonds. The average Bonchev–Trinajstić information content (AvgIpc) is 3.40. The minimum absolute atomic E-state index is 0.238. The smallest absolute Gasteiger partial charge is 0.220 e. The quantitative estimate of drug-likeness (QED) is 0.0307. The zero-order chi connectivity index (χ0) is 54.1. The first kappa shape index (κ1) is 66.3. The van der Waals surface area contributed by atoms with Crippen LogP contribution in [0.3, 0.4) is 0 Å². The Kier molecular flexibility index (Phi) is 35.3. The van der Waals surface area contributed by atoms with Gasteiger partial charge in [-0.15, -0.1) is 0 Å². The molecule has 3 aliphatic rings. The molecule has 3 fully saturated rings. The number of nitrogens with one attached hydrogen (secondary N) is 1. The number of hydrogen-bond acceptors (Lipinski definition) is 18. The molecule has 19 heteroatoms. The highest BCUT2D eigenvalue weighted by Crippen LogP contribution is 2.33. The number of aliphatic hydroxyl groups is 11. The lowest BCUT2D eigenvalue weighted by Crippen LogP contribution is -2.66. The largest absolute Gasteiger partial charge is 0.394 e. The monoisotopic (exact) mass is 1060 g/mol. The number of rotatable bonds is 40. The Balaban J connectivity index is 1.47. The highest BCUT2D eigenvalue weighted by Gasteiger charge is 2.53. The van der Waals surface area contributed by atoms with Crippen molar-refractivity contribution >= 4 is 5.91 Å². The fraction of sp³-hybridized carbons (Fsp3) is 0.873. The first-order valence-electron chi connectivity index (χ1n) is 28.2. The SMILES string of the molecule is CCCCCCC/C=C\C/C=C\CCCCCCCCCCCC(=O)NC(COC1OC(CO)C(OC2OC(CO)C(OC3OC(CO)C(O)C(O)C3O)C(O)C2O)C(O)C1O)C(O)/C=C/CCCCCCCC. The van der Waals surface area contributed by atoms with Crippen LogP contribution in [0.15, 0.2) is 36.5 Å². The standard InChI is InChI=1S/C55H99NO18/c1-3-5-7-9-11-13-14-15-16-17-18-19-20-21-22-23-24-25-27-29-31-33-43(61)56-38(39(60)32-30-28-26-12-10-8-6-4-2)37-69-53-49(67)46(64)51(41(35-58)71-53)74-55-50(68)47(65)52(42(36-59)72-55)73-54-48(66)45(63)44(62)40(34-57)70-54/h14-15,17-18,30,32,38-42,44-55,57-60,62-68H,3-13,16,19-29,31,33-37H2,1-2H3,(H,56,61)/b15-14-,18-17-,32-30+. The summed E-state index contributed by atoms with van der Waals surface area (Å²) in [6.07, 6.45) is 13.0. The summed E-state index contributed by atoms with van der Waals surface area (Å²) in [6.45, 7) is 1.63. The van der Waals surface area contributed by atoms with Gasteiger partial charge in [-0.05, 0) is 51.4 Å². The second-order valence-electron chi connectivity index (χ2n) is 20.4. The van der Waals surface area contributed by atoms with Gasteiger partial charge in [-0.2, -0.15) is 0 Å². The van der Waals surface area contributed by atoms with Crippen LogP contribution in [0.2, 0.25) is 0 Å². The molecule has 3 heterocycles. The van der Waals surface area contributed by atoms with Crippen LogP contribution >= 0.6 is 0 Å². The topological polar surface area (TPSA) is 307 Å². The van der Waals surface area contributed by atoms with Gasteiger partial charge in [-0.3, -0.25) is 4.79 Å². The molecule has 0 saturated carbocycles. The number of allylic oxidation sites excluding steroid dienone is 5. The summed E-state index contributed by atoms with van der Waals surface area (Å²) in [5.41, 5.74) is 0. The van der Waals surface area contributed by atoms with Gasteiger partial charge in [0.2, 0.25) is 5.91 Å². The molecule has 0 radical (unpaired) electrons. The minimum atomic E-state index is -1.98. The Morgan fingerprint density at radius 2 is 0.892 bits per heavy atom. The van der Waals surface area contributed by atoms with Crippen LogP contribution in [0.4, 0.5) is 0 Å². The number of unbranched alkanes of at least 4 members (excludes halogenated alkanes) is 20. The Morgan fingerprint density at radius 1 is 0.486 bits per heavy atom. The zero-order valence-electron chi connectivity index (χ0n) is 44.6. The van der Waals surface area contributed by atoms with Crippen LogP contribution in [0, 0.1) is 0 Å². The van der Waals surface area contributed by atoms with Gasteiger partial charge in [0.15, 0.2) is 18.9 Å². The molecule has 0 aromatic heterocycles. The lowest BCUT2D eigenvalue weighted by Gasteiger charge is -2.48.